The van der Waals surface area contributed by atoms with E-state index in [-0.39, 0.29) is 29.9 Å². The van der Waals surface area contributed by atoms with Gasteiger partial charge in [0, 0.05) is 0 Å². The Labute approximate surface area is 114 Å². The molecule has 0 saturated carbocycles. The first kappa shape index (κ1) is 15.9. The summed E-state index contributed by atoms with van der Waals surface area (Å²) >= 11 is 0. The second kappa shape index (κ2) is 6.35. The van der Waals surface area contributed by atoms with E-state index in [9.17, 15) is 18.0 Å². The van der Waals surface area contributed by atoms with Crippen molar-refractivity contribution in [3.8, 4) is 5.75 Å². The van der Waals surface area contributed by atoms with E-state index in [2.05, 4.69) is 0 Å². The molecule has 0 radical (unpaired) electrons. The van der Waals surface area contributed by atoms with E-state index in [4.69, 9.17) is 19.5 Å². The molecule has 1 aromatic carbocycles. The van der Waals surface area contributed by atoms with Crippen LogP contribution in [0.2, 0.25) is 0 Å². The van der Waals surface area contributed by atoms with E-state index in [1.54, 1.807) is 0 Å². The highest BCUT2D eigenvalue weighted by Gasteiger charge is 2.19. The highest BCUT2D eigenvalue weighted by atomic mass is 32.2. The molecule has 0 atom stereocenters. The number of ether oxygens (including phenoxy) is 1. The summed E-state index contributed by atoms with van der Waals surface area (Å²) in [4.78, 5) is 22.0. The normalized spacial score (nSPS) is 11.1. The summed E-state index contributed by atoms with van der Waals surface area (Å²) in [5.41, 5.74) is -0.673. The molecule has 9 heteroatoms. The molecule has 8 nitrogen and oxygen atoms in total. The fourth-order valence-electron chi connectivity index (χ4n) is 1.44. The van der Waals surface area contributed by atoms with Crippen LogP contribution in [0.3, 0.4) is 0 Å². The minimum atomic E-state index is -4.14. The predicted molar refractivity (Wildman–Crippen MR) is 66.9 cm³/mol. The monoisotopic (exact) mass is 304 g/mol. The second-order valence-corrected chi connectivity index (χ2v) is 5.35. The maximum Gasteiger partial charge on any atom is 0.339 e. The topological polar surface area (TPSA) is 138 Å². The molecular weight excluding hydrogens is 292 g/mol. The van der Waals surface area contributed by atoms with E-state index < -0.39 is 27.8 Å². The summed E-state index contributed by atoms with van der Waals surface area (Å²) in [6.45, 7) is -0.246. The van der Waals surface area contributed by atoms with Crippen LogP contribution in [-0.4, -0.2) is 47.5 Å². The maximum atomic E-state index is 11.0. The molecule has 0 heterocycles. The molecule has 0 amide bonds. The molecule has 20 heavy (non-hydrogen) atoms. The Balaban J connectivity index is 2.91. The number of hydrogen-bond donors (Lipinski definition) is 3. The van der Waals surface area contributed by atoms with E-state index in [0.717, 1.165) is 0 Å². The van der Waals surface area contributed by atoms with Gasteiger partial charge in [-0.05, 0) is 18.6 Å². The first-order valence-corrected chi connectivity index (χ1v) is 7.01. The van der Waals surface area contributed by atoms with Crippen molar-refractivity contribution in [1.29, 1.82) is 0 Å². The van der Waals surface area contributed by atoms with Crippen molar-refractivity contribution in [3.05, 3.63) is 29.3 Å². The number of rotatable bonds is 7. The summed E-state index contributed by atoms with van der Waals surface area (Å²) in [5.74, 6) is -3.64. The van der Waals surface area contributed by atoms with Crippen molar-refractivity contribution in [3.63, 3.8) is 0 Å². The molecule has 0 spiro atoms. The van der Waals surface area contributed by atoms with Crippen LogP contribution in [-0.2, 0) is 10.1 Å². The number of carboxylic acid groups (broad SMARTS) is 2. The number of para-hydroxylation sites is 1. The van der Waals surface area contributed by atoms with Crippen molar-refractivity contribution < 1.29 is 37.5 Å². The van der Waals surface area contributed by atoms with Crippen LogP contribution < -0.4 is 4.74 Å². The van der Waals surface area contributed by atoms with E-state index in [1.807, 2.05) is 0 Å². The molecule has 0 aromatic heterocycles. The summed E-state index contributed by atoms with van der Waals surface area (Å²) in [7, 11) is -4.14. The molecule has 3 N–H and O–H groups in total. The van der Waals surface area contributed by atoms with Crippen LogP contribution in [0.1, 0.15) is 27.1 Å². The molecule has 1 aromatic rings. The Morgan fingerprint density at radius 2 is 1.60 bits per heavy atom. The highest BCUT2D eigenvalue weighted by molar-refractivity contribution is 7.85. The third kappa shape index (κ3) is 4.52. The Bertz CT molecular complexity index is 587. The first-order chi connectivity index (χ1) is 9.22. The SMILES string of the molecule is O=C(O)c1cccc(C(=O)O)c1OCCCS(=O)(=O)O. The van der Waals surface area contributed by atoms with Gasteiger partial charge in [0.15, 0.2) is 0 Å². The molecule has 0 unspecified atom stereocenters. The van der Waals surface area contributed by atoms with E-state index in [1.165, 1.54) is 18.2 Å². The average molecular weight is 304 g/mol. The van der Waals surface area contributed by atoms with Crippen molar-refractivity contribution in [2.75, 3.05) is 12.4 Å². The van der Waals surface area contributed by atoms with E-state index in [0.29, 0.717) is 0 Å². The van der Waals surface area contributed by atoms with Crippen LogP contribution in [0, 0.1) is 0 Å². The minimum absolute atomic E-state index is 0.105. The highest BCUT2D eigenvalue weighted by Crippen LogP contribution is 2.24. The first-order valence-electron chi connectivity index (χ1n) is 5.40. The Morgan fingerprint density at radius 3 is 2.00 bits per heavy atom. The Kier molecular flexibility index (Phi) is 5.06. The number of carboxylic acids is 2. The number of benzene rings is 1. The zero-order valence-corrected chi connectivity index (χ0v) is 11.0. The molecule has 0 bridgehead atoms. The lowest BCUT2D eigenvalue weighted by molar-refractivity contribution is 0.0688. The number of carbonyl (C=O) groups is 2. The van der Waals surface area contributed by atoms with Gasteiger partial charge in [0.05, 0.1) is 12.4 Å². The second-order valence-electron chi connectivity index (χ2n) is 3.78. The van der Waals surface area contributed by atoms with Gasteiger partial charge in [0.2, 0.25) is 0 Å². The van der Waals surface area contributed by atoms with Gasteiger partial charge < -0.3 is 14.9 Å². The summed E-state index contributed by atoms with van der Waals surface area (Å²) in [5, 5.41) is 17.9. The number of aromatic carboxylic acids is 2. The molecule has 0 aliphatic carbocycles. The molecule has 0 fully saturated rings. The lowest BCUT2D eigenvalue weighted by Gasteiger charge is -2.11. The Morgan fingerprint density at radius 1 is 1.10 bits per heavy atom. The molecule has 0 saturated heterocycles. The van der Waals surface area contributed by atoms with Crippen molar-refractivity contribution in [2.24, 2.45) is 0 Å². The van der Waals surface area contributed by atoms with Gasteiger partial charge >= 0.3 is 11.9 Å². The van der Waals surface area contributed by atoms with Gasteiger partial charge in [0.25, 0.3) is 10.1 Å². The van der Waals surface area contributed by atoms with Gasteiger partial charge in [0.1, 0.15) is 16.9 Å². The third-order valence-electron chi connectivity index (χ3n) is 2.27. The molecule has 0 aliphatic rings. The molecule has 110 valence electrons. The lowest BCUT2D eigenvalue weighted by atomic mass is 10.1. The largest absolute Gasteiger partial charge is 0.492 e. The van der Waals surface area contributed by atoms with Gasteiger partial charge in [-0.2, -0.15) is 8.42 Å². The zero-order chi connectivity index (χ0) is 15.3. The van der Waals surface area contributed by atoms with Gasteiger partial charge in [-0.15, -0.1) is 0 Å². The standard InChI is InChI=1S/C11H12O8S/c12-10(13)7-3-1-4-8(11(14)15)9(7)19-5-2-6-20(16,17)18/h1,3-4H,2,5-6H2,(H,12,13)(H,14,15)(H,16,17,18). The van der Waals surface area contributed by atoms with Gasteiger partial charge in [-0.3, -0.25) is 4.55 Å². The van der Waals surface area contributed by atoms with E-state index >= 15 is 0 Å². The van der Waals surface area contributed by atoms with Gasteiger partial charge in [-0.25, -0.2) is 9.59 Å². The average Bonchev–Trinajstić information content (AvgIpc) is 2.32. The molecular formula is C11H12O8S. The zero-order valence-electron chi connectivity index (χ0n) is 10.1. The van der Waals surface area contributed by atoms with Crippen LogP contribution >= 0.6 is 0 Å². The number of hydrogen-bond acceptors (Lipinski definition) is 5. The van der Waals surface area contributed by atoms with Crippen molar-refractivity contribution in [1.82, 2.24) is 0 Å². The molecule has 0 aliphatic heterocycles. The quantitative estimate of drug-likeness (QED) is 0.495. The van der Waals surface area contributed by atoms with Crippen molar-refractivity contribution in [2.45, 2.75) is 6.42 Å². The third-order valence-corrected chi connectivity index (χ3v) is 3.07. The van der Waals surface area contributed by atoms with Crippen molar-refractivity contribution >= 4 is 22.1 Å². The fourth-order valence-corrected chi connectivity index (χ4v) is 1.93. The minimum Gasteiger partial charge on any atom is -0.492 e. The Hall–Kier alpha value is -2.13. The summed E-state index contributed by atoms with van der Waals surface area (Å²) in [6.07, 6.45) is -0.105. The fraction of sp³-hybridized carbons (Fsp3) is 0.273. The van der Waals surface area contributed by atoms with Crippen LogP contribution in [0.15, 0.2) is 18.2 Å². The maximum absolute atomic E-state index is 11.0. The smallest absolute Gasteiger partial charge is 0.339 e. The molecule has 1 rings (SSSR count). The summed E-state index contributed by atoms with van der Waals surface area (Å²) < 4.78 is 34.6. The van der Waals surface area contributed by atoms with Crippen LogP contribution in [0.5, 0.6) is 5.75 Å². The summed E-state index contributed by atoms with van der Waals surface area (Å²) in [6, 6.07) is 3.61. The predicted octanol–water partition coefficient (Wildman–Crippen LogP) is 0.740. The lowest BCUT2D eigenvalue weighted by Crippen LogP contribution is -2.12. The van der Waals surface area contributed by atoms with Crippen LogP contribution in [0.4, 0.5) is 0 Å². The van der Waals surface area contributed by atoms with Crippen LogP contribution in [0.25, 0.3) is 0 Å². The van der Waals surface area contributed by atoms with Gasteiger partial charge in [-0.1, -0.05) is 6.07 Å².